The van der Waals surface area contributed by atoms with Crippen molar-refractivity contribution >= 4 is 23.5 Å². The molecule has 1 rings (SSSR count). The van der Waals surface area contributed by atoms with Crippen molar-refractivity contribution in [3.63, 3.8) is 0 Å². The number of anilines is 1. The number of nitrogens with one attached hydrogen (secondary N) is 2. The number of benzene rings is 1. The summed E-state index contributed by atoms with van der Waals surface area (Å²) in [7, 11) is 0. The number of hydrogen-bond acceptors (Lipinski definition) is 5. The quantitative estimate of drug-likeness (QED) is 0.515. The largest absolute Gasteiger partial charge is 0.464 e. The fourth-order valence-corrected chi connectivity index (χ4v) is 1.56. The Hall–Kier alpha value is -2.41. The zero-order valence-corrected chi connectivity index (χ0v) is 12.0. The van der Waals surface area contributed by atoms with Crippen LogP contribution in [-0.4, -0.2) is 37.0 Å². The van der Waals surface area contributed by atoms with Crippen LogP contribution in [0, 0.1) is 0 Å². The summed E-state index contributed by atoms with van der Waals surface area (Å²) in [6.07, 6.45) is 0. The third-order valence-corrected chi connectivity index (χ3v) is 2.55. The van der Waals surface area contributed by atoms with Gasteiger partial charge in [-0.3, -0.25) is 9.59 Å². The van der Waals surface area contributed by atoms with Crippen molar-refractivity contribution in [3.8, 4) is 0 Å². The van der Waals surface area contributed by atoms with Gasteiger partial charge in [-0.05, 0) is 32.0 Å². The standard InChI is InChI=1S/C14H19N3O4/c1-3-16-12(18)9-6-5-7-10(8-9)17-13(19)11(15)14(20)21-4-2/h5-8,11H,3-4,15H2,1-2H3,(H,16,18)(H,17,19). The van der Waals surface area contributed by atoms with Crippen molar-refractivity contribution in [1.29, 1.82) is 0 Å². The van der Waals surface area contributed by atoms with Gasteiger partial charge in [0.2, 0.25) is 0 Å². The molecule has 1 aromatic rings. The number of rotatable bonds is 6. The highest BCUT2D eigenvalue weighted by Gasteiger charge is 2.23. The number of hydrogen-bond donors (Lipinski definition) is 3. The molecule has 0 aliphatic rings. The number of amides is 2. The summed E-state index contributed by atoms with van der Waals surface area (Å²) in [5, 5.41) is 5.12. The highest BCUT2D eigenvalue weighted by atomic mass is 16.5. The van der Waals surface area contributed by atoms with Gasteiger partial charge in [-0.25, -0.2) is 4.79 Å². The molecule has 7 nitrogen and oxygen atoms in total. The van der Waals surface area contributed by atoms with Crippen molar-refractivity contribution in [2.75, 3.05) is 18.5 Å². The summed E-state index contributed by atoms with van der Waals surface area (Å²) in [6, 6.07) is 4.93. The molecule has 0 aromatic heterocycles. The van der Waals surface area contributed by atoms with Gasteiger partial charge in [-0.15, -0.1) is 0 Å². The monoisotopic (exact) mass is 293 g/mol. The molecular formula is C14H19N3O4. The maximum Gasteiger partial charge on any atom is 0.332 e. The molecule has 0 heterocycles. The molecule has 0 radical (unpaired) electrons. The van der Waals surface area contributed by atoms with E-state index in [0.717, 1.165) is 0 Å². The molecule has 114 valence electrons. The zero-order chi connectivity index (χ0) is 15.8. The van der Waals surface area contributed by atoms with E-state index >= 15 is 0 Å². The number of carbonyl (C=O) groups is 3. The van der Waals surface area contributed by atoms with E-state index in [2.05, 4.69) is 15.4 Å². The van der Waals surface area contributed by atoms with Crippen molar-refractivity contribution < 1.29 is 19.1 Å². The molecule has 2 amide bonds. The molecule has 0 saturated heterocycles. The molecule has 7 heteroatoms. The first-order valence-electron chi connectivity index (χ1n) is 6.60. The SMILES string of the molecule is CCNC(=O)c1cccc(NC(=O)C(N)C(=O)OCC)c1. The maximum atomic E-state index is 11.8. The van der Waals surface area contributed by atoms with E-state index < -0.39 is 17.9 Å². The Morgan fingerprint density at radius 3 is 2.62 bits per heavy atom. The predicted molar refractivity (Wildman–Crippen MR) is 77.7 cm³/mol. The summed E-state index contributed by atoms with van der Waals surface area (Å²) in [5.74, 6) is -1.74. The van der Waals surface area contributed by atoms with Crippen molar-refractivity contribution in [1.82, 2.24) is 5.32 Å². The first-order valence-corrected chi connectivity index (χ1v) is 6.60. The van der Waals surface area contributed by atoms with Crippen LogP contribution in [0.4, 0.5) is 5.69 Å². The minimum Gasteiger partial charge on any atom is -0.464 e. The molecule has 4 N–H and O–H groups in total. The lowest BCUT2D eigenvalue weighted by Gasteiger charge is -2.12. The van der Waals surface area contributed by atoms with E-state index in [0.29, 0.717) is 17.8 Å². The number of carbonyl (C=O) groups excluding carboxylic acids is 3. The lowest BCUT2D eigenvalue weighted by atomic mass is 10.2. The highest BCUT2D eigenvalue weighted by Crippen LogP contribution is 2.11. The van der Waals surface area contributed by atoms with Gasteiger partial charge < -0.3 is 21.1 Å². The lowest BCUT2D eigenvalue weighted by Crippen LogP contribution is -2.43. The Balaban J connectivity index is 2.74. The van der Waals surface area contributed by atoms with Gasteiger partial charge in [-0.1, -0.05) is 6.07 Å². The average molecular weight is 293 g/mol. The van der Waals surface area contributed by atoms with Crippen LogP contribution in [-0.2, 0) is 14.3 Å². The fourth-order valence-electron chi connectivity index (χ4n) is 1.56. The minimum absolute atomic E-state index is 0.145. The van der Waals surface area contributed by atoms with E-state index in [1.54, 1.807) is 25.1 Å². The van der Waals surface area contributed by atoms with E-state index in [1.165, 1.54) is 6.07 Å². The maximum absolute atomic E-state index is 11.8. The van der Waals surface area contributed by atoms with Crippen LogP contribution in [0.2, 0.25) is 0 Å². The summed E-state index contributed by atoms with van der Waals surface area (Å²) < 4.78 is 4.67. The van der Waals surface area contributed by atoms with E-state index in [-0.39, 0.29) is 12.5 Å². The van der Waals surface area contributed by atoms with Crippen molar-refractivity contribution in [3.05, 3.63) is 29.8 Å². The number of ether oxygens (including phenoxy) is 1. The van der Waals surface area contributed by atoms with Crippen molar-refractivity contribution in [2.45, 2.75) is 19.9 Å². The zero-order valence-electron chi connectivity index (χ0n) is 12.0. The van der Waals surface area contributed by atoms with Gasteiger partial charge in [0.05, 0.1) is 6.61 Å². The Morgan fingerprint density at radius 2 is 2.00 bits per heavy atom. The lowest BCUT2D eigenvalue weighted by molar-refractivity contribution is -0.146. The van der Waals surface area contributed by atoms with Gasteiger partial charge in [0.15, 0.2) is 6.04 Å². The van der Waals surface area contributed by atoms with Crippen LogP contribution >= 0.6 is 0 Å². The van der Waals surface area contributed by atoms with E-state index in [9.17, 15) is 14.4 Å². The second kappa shape index (κ2) is 8.01. The summed E-state index contributed by atoms with van der Waals surface area (Å²) >= 11 is 0. The van der Waals surface area contributed by atoms with Crippen LogP contribution in [0.5, 0.6) is 0 Å². The predicted octanol–water partition coefficient (Wildman–Crippen LogP) is 0.265. The van der Waals surface area contributed by atoms with Gasteiger partial charge in [0.25, 0.3) is 11.8 Å². The molecule has 0 bridgehead atoms. The number of esters is 1. The third-order valence-electron chi connectivity index (χ3n) is 2.55. The van der Waals surface area contributed by atoms with Gasteiger partial charge in [-0.2, -0.15) is 0 Å². The molecular weight excluding hydrogens is 274 g/mol. The molecule has 0 spiro atoms. The van der Waals surface area contributed by atoms with Crippen LogP contribution in [0.15, 0.2) is 24.3 Å². The normalized spacial score (nSPS) is 11.4. The molecule has 0 saturated carbocycles. The fraction of sp³-hybridized carbons (Fsp3) is 0.357. The van der Waals surface area contributed by atoms with Crippen LogP contribution in [0.1, 0.15) is 24.2 Å². The van der Waals surface area contributed by atoms with Crippen LogP contribution in [0.25, 0.3) is 0 Å². The average Bonchev–Trinajstić information content (AvgIpc) is 2.47. The highest BCUT2D eigenvalue weighted by molar-refractivity contribution is 6.08. The minimum atomic E-state index is -1.40. The molecule has 0 fully saturated rings. The van der Waals surface area contributed by atoms with E-state index in [1.807, 2.05) is 6.92 Å². The summed E-state index contributed by atoms with van der Waals surface area (Å²) in [4.78, 5) is 34.8. The van der Waals surface area contributed by atoms with Crippen LogP contribution < -0.4 is 16.4 Å². The summed E-state index contributed by atoms with van der Waals surface area (Å²) in [6.45, 7) is 4.08. The molecule has 1 aromatic carbocycles. The molecule has 21 heavy (non-hydrogen) atoms. The Kier molecular flexibility index (Phi) is 6.35. The molecule has 0 aliphatic carbocycles. The van der Waals surface area contributed by atoms with E-state index in [4.69, 9.17) is 5.73 Å². The van der Waals surface area contributed by atoms with Gasteiger partial charge in [0, 0.05) is 17.8 Å². The first-order chi connectivity index (χ1) is 9.99. The molecule has 1 unspecified atom stereocenters. The smallest absolute Gasteiger partial charge is 0.332 e. The third kappa shape index (κ3) is 4.88. The van der Waals surface area contributed by atoms with Crippen LogP contribution in [0.3, 0.4) is 0 Å². The Morgan fingerprint density at radius 1 is 1.29 bits per heavy atom. The summed E-state index contributed by atoms with van der Waals surface area (Å²) in [5.41, 5.74) is 6.25. The van der Waals surface area contributed by atoms with Crippen molar-refractivity contribution in [2.24, 2.45) is 5.73 Å². The Labute approximate surface area is 122 Å². The first kappa shape index (κ1) is 16.6. The van der Waals surface area contributed by atoms with Gasteiger partial charge in [0.1, 0.15) is 0 Å². The Bertz CT molecular complexity index is 531. The molecule has 0 aliphatic heterocycles. The molecule has 1 atom stereocenters. The number of nitrogens with two attached hydrogens (primary N) is 1. The van der Waals surface area contributed by atoms with Gasteiger partial charge >= 0.3 is 5.97 Å². The second-order valence-electron chi connectivity index (χ2n) is 4.16. The second-order valence-corrected chi connectivity index (χ2v) is 4.16. The topological polar surface area (TPSA) is 111 Å².